The maximum Gasteiger partial charge on any atom is 0.409 e. The van der Waals surface area contributed by atoms with Crippen LogP contribution in [0.2, 0.25) is 0 Å². The number of carbonyl (C=O) groups excluding carboxylic acids is 1. The third-order valence-corrected chi connectivity index (χ3v) is 5.04. The molecule has 25 heavy (non-hydrogen) atoms. The molecule has 1 heterocycles. The van der Waals surface area contributed by atoms with Gasteiger partial charge in [-0.1, -0.05) is 0 Å². The molecule has 7 heteroatoms. The summed E-state index contributed by atoms with van der Waals surface area (Å²) in [7, 11) is 2.20. The zero-order valence-electron chi connectivity index (χ0n) is 16.3. The van der Waals surface area contributed by atoms with Crippen LogP contribution in [0.25, 0.3) is 0 Å². The van der Waals surface area contributed by atoms with E-state index in [1.807, 2.05) is 6.92 Å². The Labute approximate surface area is 152 Å². The molecule has 1 saturated heterocycles. The van der Waals surface area contributed by atoms with E-state index in [2.05, 4.69) is 36.4 Å². The highest BCUT2D eigenvalue weighted by Crippen LogP contribution is 2.26. The minimum Gasteiger partial charge on any atom is -0.450 e. The molecule has 144 valence electrons. The Morgan fingerprint density at radius 3 is 2.52 bits per heavy atom. The molecule has 1 amide bonds. The lowest BCUT2D eigenvalue weighted by Gasteiger charge is -2.32. The Morgan fingerprint density at radius 1 is 1.28 bits per heavy atom. The number of rotatable bonds is 7. The maximum atomic E-state index is 11.8. The number of guanidine groups is 1. The molecule has 0 aromatic rings. The molecule has 2 rings (SSSR count). The number of carbonyl (C=O) groups is 1. The summed E-state index contributed by atoms with van der Waals surface area (Å²) in [4.78, 5) is 20.8. The normalized spacial score (nSPS) is 20.5. The third kappa shape index (κ3) is 6.38. The zero-order chi connectivity index (χ0) is 18.2. The summed E-state index contributed by atoms with van der Waals surface area (Å²) in [5.41, 5.74) is 0. The van der Waals surface area contributed by atoms with Gasteiger partial charge < -0.3 is 20.3 Å². The van der Waals surface area contributed by atoms with Crippen LogP contribution in [-0.2, 0) is 4.74 Å². The number of aliphatic imine (C=N–C) groups is 1. The predicted octanol–water partition coefficient (Wildman–Crippen LogP) is 1.65. The fourth-order valence-electron chi connectivity index (χ4n) is 3.13. The molecule has 1 aliphatic carbocycles. The fourth-order valence-corrected chi connectivity index (χ4v) is 3.13. The quantitative estimate of drug-likeness (QED) is 0.538. The molecular formula is C18H35N5O2. The van der Waals surface area contributed by atoms with E-state index in [0.717, 1.165) is 51.0 Å². The molecule has 0 aromatic heterocycles. The molecule has 1 saturated carbocycles. The van der Waals surface area contributed by atoms with Gasteiger partial charge in [0.15, 0.2) is 5.96 Å². The Balaban J connectivity index is 1.78. The second-order valence-electron chi connectivity index (χ2n) is 7.07. The maximum absolute atomic E-state index is 11.8. The molecule has 2 N–H and O–H groups in total. The lowest BCUT2D eigenvalue weighted by atomic mass is 10.1. The minimum atomic E-state index is -0.196. The Kier molecular flexibility index (Phi) is 7.81. The molecule has 1 unspecified atom stereocenters. The van der Waals surface area contributed by atoms with Crippen molar-refractivity contribution in [3.05, 3.63) is 0 Å². The number of likely N-dealkylation sites (tertiary alicyclic amines) is 1. The number of hydrogen-bond donors (Lipinski definition) is 2. The van der Waals surface area contributed by atoms with Gasteiger partial charge in [-0.05, 0) is 53.5 Å². The van der Waals surface area contributed by atoms with Gasteiger partial charge >= 0.3 is 6.09 Å². The van der Waals surface area contributed by atoms with Crippen LogP contribution in [-0.4, -0.2) is 79.8 Å². The van der Waals surface area contributed by atoms with E-state index in [1.165, 1.54) is 12.8 Å². The first-order valence-corrected chi connectivity index (χ1v) is 9.73. The van der Waals surface area contributed by atoms with Crippen LogP contribution < -0.4 is 10.6 Å². The van der Waals surface area contributed by atoms with Gasteiger partial charge in [0.2, 0.25) is 0 Å². The van der Waals surface area contributed by atoms with Crippen molar-refractivity contribution in [2.75, 3.05) is 39.8 Å². The molecule has 0 bridgehead atoms. The lowest BCUT2D eigenvalue weighted by Crippen LogP contribution is -2.50. The Bertz CT molecular complexity index is 445. The third-order valence-electron chi connectivity index (χ3n) is 5.04. The molecule has 0 spiro atoms. The first-order valence-electron chi connectivity index (χ1n) is 9.73. The van der Waals surface area contributed by atoms with Gasteiger partial charge in [0.25, 0.3) is 0 Å². The summed E-state index contributed by atoms with van der Waals surface area (Å²) < 4.78 is 5.07. The Hall–Kier alpha value is -1.50. The van der Waals surface area contributed by atoms with Crippen molar-refractivity contribution >= 4 is 12.1 Å². The van der Waals surface area contributed by atoms with Gasteiger partial charge in [0.1, 0.15) is 0 Å². The van der Waals surface area contributed by atoms with Crippen LogP contribution in [0.15, 0.2) is 4.99 Å². The number of likely N-dealkylation sites (N-methyl/N-ethyl adjacent to an activating group) is 1. The highest BCUT2D eigenvalue weighted by molar-refractivity contribution is 5.80. The lowest BCUT2D eigenvalue weighted by molar-refractivity contribution is 0.0963. The van der Waals surface area contributed by atoms with Crippen LogP contribution in [0.5, 0.6) is 0 Å². The standard InChI is InChI=1S/C18H35N5O2/c1-5-19-17(20-13-14(3)22(4)16-7-8-16)21-15-9-11-23(12-10-15)18(24)25-6-2/h14-16H,5-13H2,1-4H3,(H2,19,20,21). The summed E-state index contributed by atoms with van der Waals surface area (Å²) >= 11 is 0. The first-order chi connectivity index (χ1) is 12.0. The van der Waals surface area contributed by atoms with Crippen LogP contribution in [0.3, 0.4) is 0 Å². The number of amides is 1. The molecular weight excluding hydrogens is 318 g/mol. The summed E-state index contributed by atoms with van der Waals surface area (Å²) in [6.45, 7) is 9.70. The molecule has 0 radical (unpaired) electrons. The van der Waals surface area contributed by atoms with Gasteiger partial charge in [0.05, 0.1) is 13.2 Å². The van der Waals surface area contributed by atoms with Crippen LogP contribution >= 0.6 is 0 Å². The van der Waals surface area contributed by atoms with Gasteiger partial charge in [-0.15, -0.1) is 0 Å². The molecule has 2 fully saturated rings. The van der Waals surface area contributed by atoms with Gasteiger partial charge in [-0.3, -0.25) is 9.89 Å². The average Bonchev–Trinajstić information content (AvgIpc) is 3.45. The van der Waals surface area contributed by atoms with Crippen LogP contribution in [0.1, 0.15) is 46.5 Å². The second-order valence-corrected chi connectivity index (χ2v) is 7.07. The fraction of sp³-hybridized carbons (Fsp3) is 0.889. The van der Waals surface area contributed by atoms with E-state index < -0.39 is 0 Å². The van der Waals surface area contributed by atoms with E-state index in [1.54, 1.807) is 4.90 Å². The zero-order valence-corrected chi connectivity index (χ0v) is 16.3. The number of ether oxygens (including phenoxy) is 1. The van der Waals surface area contributed by atoms with E-state index in [4.69, 9.17) is 9.73 Å². The number of hydrogen-bond acceptors (Lipinski definition) is 4. The smallest absolute Gasteiger partial charge is 0.409 e. The van der Waals surface area contributed by atoms with Crippen molar-refractivity contribution in [1.29, 1.82) is 0 Å². The average molecular weight is 354 g/mol. The Morgan fingerprint density at radius 2 is 1.96 bits per heavy atom. The predicted molar refractivity (Wildman–Crippen MR) is 101 cm³/mol. The van der Waals surface area contributed by atoms with Crippen LogP contribution in [0, 0.1) is 0 Å². The number of nitrogens with zero attached hydrogens (tertiary/aromatic N) is 3. The highest BCUT2D eigenvalue weighted by atomic mass is 16.6. The molecule has 1 aliphatic heterocycles. The largest absolute Gasteiger partial charge is 0.450 e. The van der Waals surface area contributed by atoms with Crippen molar-refractivity contribution in [1.82, 2.24) is 20.4 Å². The van der Waals surface area contributed by atoms with Crippen molar-refractivity contribution in [2.24, 2.45) is 4.99 Å². The molecule has 0 aromatic carbocycles. The van der Waals surface area contributed by atoms with Gasteiger partial charge in [0, 0.05) is 37.8 Å². The van der Waals surface area contributed by atoms with Gasteiger partial charge in [-0.2, -0.15) is 0 Å². The van der Waals surface area contributed by atoms with Crippen molar-refractivity contribution < 1.29 is 9.53 Å². The topological polar surface area (TPSA) is 69.2 Å². The molecule has 2 aliphatic rings. The molecule has 7 nitrogen and oxygen atoms in total. The van der Waals surface area contributed by atoms with E-state index >= 15 is 0 Å². The number of piperidine rings is 1. The summed E-state index contributed by atoms with van der Waals surface area (Å²) in [6.07, 6.45) is 4.28. The van der Waals surface area contributed by atoms with E-state index in [0.29, 0.717) is 18.7 Å². The SMILES string of the molecule is CCNC(=NCC(C)N(C)C1CC1)NC1CCN(C(=O)OCC)CC1. The number of nitrogens with one attached hydrogen (secondary N) is 2. The summed E-state index contributed by atoms with van der Waals surface area (Å²) in [5.74, 6) is 0.883. The van der Waals surface area contributed by atoms with Crippen molar-refractivity contribution in [2.45, 2.75) is 64.6 Å². The van der Waals surface area contributed by atoms with Crippen molar-refractivity contribution in [3.63, 3.8) is 0 Å². The van der Waals surface area contributed by atoms with E-state index in [-0.39, 0.29) is 6.09 Å². The van der Waals surface area contributed by atoms with Crippen LogP contribution in [0.4, 0.5) is 4.79 Å². The highest BCUT2D eigenvalue weighted by Gasteiger charge is 2.29. The summed E-state index contributed by atoms with van der Waals surface area (Å²) in [5, 5.41) is 6.87. The first kappa shape index (κ1) is 19.8. The second kappa shape index (κ2) is 9.85. The van der Waals surface area contributed by atoms with E-state index in [9.17, 15) is 4.79 Å². The monoisotopic (exact) mass is 353 g/mol. The van der Waals surface area contributed by atoms with Gasteiger partial charge in [-0.25, -0.2) is 4.79 Å². The summed E-state index contributed by atoms with van der Waals surface area (Å²) in [6, 6.07) is 1.56. The molecule has 1 atom stereocenters. The van der Waals surface area contributed by atoms with Crippen molar-refractivity contribution in [3.8, 4) is 0 Å². The minimum absolute atomic E-state index is 0.196.